The summed E-state index contributed by atoms with van der Waals surface area (Å²) in [6.45, 7) is 3.80. The Bertz CT molecular complexity index is 1480. The first-order valence-electron chi connectivity index (χ1n) is 15.8. The highest BCUT2D eigenvalue weighted by molar-refractivity contribution is 5.95. The number of aliphatic hydroxyl groups excluding tert-OH is 2. The molecular weight excluding hydrogens is 638 g/mol. The SMILES string of the molecule is CCCCCC(=O)O[C@@H]1[C@H](OC)[C@@H]([C@@H](O[C@H]2OC(C(=O)N[C@H]3CCC[C@H](C)NC3=O)=C[C@H](O)[C@@H]2O)C(N)=O)O[C@H]1n1ccc(=O)[nH]c1=O. The lowest BCUT2D eigenvalue weighted by molar-refractivity contribution is -0.241. The topological polar surface area (TPSA) is 260 Å². The summed E-state index contributed by atoms with van der Waals surface area (Å²) in [5.74, 6) is -3.60. The summed E-state index contributed by atoms with van der Waals surface area (Å²) in [5.41, 5.74) is 4.07. The number of carbonyl (C=O) groups excluding carboxylic acids is 4. The maximum atomic E-state index is 13.1. The van der Waals surface area contributed by atoms with E-state index in [-0.39, 0.29) is 12.5 Å². The molecule has 10 atom stereocenters. The number of nitrogens with zero attached hydrogens (tertiary/aromatic N) is 1. The van der Waals surface area contributed by atoms with Gasteiger partial charge in [0.2, 0.25) is 18.1 Å². The molecule has 0 unspecified atom stereocenters. The van der Waals surface area contributed by atoms with E-state index in [0.717, 1.165) is 42.2 Å². The van der Waals surface area contributed by atoms with Crippen molar-refractivity contribution in [2.45, 2.75) is 120 Å². The molecule has 0 spiro atoms. The molecule has 0 bridgehead atoms. The zero-order chi connectivity index (χ0) is 35.1. The number of primary amides is 1. The molecule has 0 aromatic carbocycles. The van der Waals surface area contributed by atoms with Crippen LogP contribution in [0.25, 0.3) is 0 Å². The number of hydrogen-bond acceptors (Lipinski definition) is 13. The minimum absolute atomic E-state index is 0.0349. The van der Waals surface area contributed by atoms with Gasteiger partial charge >= 0.3 is 11.7 Å². The molecule has 3 aliphatic heterocycles. The fourth-order valence-electron chi connectivity index (χ4n) is 5.76. The quantitative estimate of drug-likeness (QED) is 0.0969. The number of esters is 1. The molecular formula is C30H43N5O13. The van der Waals surface area contributed by atoms with Crippen LogP contribution in [0.5, 0.6) is 0 Å². The Balaban J connectivity index is 1.57. The number of H-pyrrole nitrogens is 1. The van der Waals surface area contributed by atoms with Crippen molar-refractivity contribution in [3.63, 3.8) is 0 Å². The lowest BCUT2D eigenvalue weighted by Gasteiger charge is -2.35. The van der Waals surface area contributed by atoms with Crippen LogP contribution < -0.4 is 27.6 Å². The number of rotatable bonds is 13. The molecule has 2 saturated heterocycles. The Morgan fingerprint density at radius 3 is 2.58 bits per heavy atom. The molecule has 48 heavy (non-hydrogen) atoms. The summed E-state index contributed by atoms with van der Waals surface area (Å²) in [6.07, 6.45) is -6.99. The highest BCUT2D eigenvalue weighted by Gasteiger charge is 2.54. The van der Waals surface area contributed by atoms with Crippen molar-refractivity contribution in [2.24, 2.45) is 5.73 Å². The first-order valence-corrected chi connectivity index (χ1v) is 15.8. The molecule has 3 amide bonds. The zero-order valence-electron chi connectivity index (χ0n) is 26.9. The third-order valence-corrected chi connectivity index (χ3v) is 8.29. The summed E-state index contributed by atoms with van der Waals surface area (Å²) in [5, 5.41) is 26.6. The highest BCUT2D eigenvalue weighted by atomic mass is 16.7. The van der Waals surface area contributed by atoms with E-state index in [9.17, 15) is 39.0 Å². The van der Waals surface area contributed by atoms with Gasteiger partial charge in [-0.15, -0.1) is 0 Å². The first-order chi connectivity index (χ1) is 22.8. The molecule has 18 heteroatoms. The molecule has 1 aromatic rings. The summed E-state index contributed by atoms with van der Waals surface area (Å²) in [4.78, 5) is 77.8. The number of nitrogens with one attached hydrogen (secondary N) is 3. The Labute approximate surface area is 274 Å². The minimum atomic E-state index is -1.88. The smallest absolute Gasteiger partial charge is 0.330 e. The molecule has 0 aliphatic carbocycles. The predicted octanol–water partition coefficient (Wildman–Crippen LogP) is -2.05. The van der Waals surface area contributed by atoms with Crippen LogP contribution in [0.1, 0.15) is 65.0 Å². The van der Waals surface area contributed by atoms with Crippen LogP contribution in [0.3, 0.4) is 0 Å². The number of methoxy groups -OCH3 is 1. The molecule has 266 valence electrons. The van der Waals surface area contributed by atoms with Crippen LogP contribution in [0, 0.1) is 0 Å². The van der Waals surface area contributed by atoms with Crippen LogP contribution in [0.4, 0.5) is 0 Å². The average molecular weight is 682 g/mol. The fourth-order valence-corrected chi connectivity index (χ4v) is 5.76. The number of unbranched alkanes of at least 4 members (excludes halogenated alkanes) is 2. The molecule has 18 nitrogen and oxygen atoms in total. The Kier molecular flexibility index (Phi) is 12.5. The Morgan fingerprint density at radius 2 is 1.92 bits per heavy atom. The summed E-state index contributed by atoms with van der Waals surface area (Å²) >= 11 is 0. The second-order valence-corrected chi connectivity index (χ2v) is 11.9. The van der Waals surface area contributed by atoms with Gasteiger partial charge in [-0.2, -0.15) is 0 Å². The predicted molar refractivity (Wildman–Crippen MR) is 162 cm³/mol. The number of aromatic amines is 1. The third-order valence-electron chi connectivity index (χ3n) is 8.29. The van der Waals surface area contributed by atoms with E-state index < -0.39 is 95.9 Å². The van der Waals surface area contributed by atoms with Crippen molar-refractivity contribution in [3.8, 4) is 0 Å². The summed E-state index contributed by atoms with van der Waals surface area (Å²) < 4.78 is 29.5. The summed E-state index contributed by atoms with van der Waals surface area (Å²) in [6, 6.07) is 0.0664. The number of carbonyl (C=O) groups is 4. The van der Waals surface area contributed by atoms with Crippen LogP contribution in [-0.2, 0) is 42.9 Å². The maximum absolute atomic E-state index is 13.1. The second kappa shape index (κ2) is 16.3. The number of amides is 3. The number of hydrogen-bond donors (Lipinski definition) is 6. The Hall–Kier alpha value is -4.10. The van der Waals surface area contributed by atoms with E-state index in [1.54, 1.807) is 0 Å². The number of aliphatic hydroxyl groups is 2. The molecule has 4 heterocycles. The second-order valence-electron chi connectivity index (χ2n) is 11.9. The number of ether oxygens (including phenoxy) is 5. The molecule has 4 rings (SSSR count). The minimum Gasteiger partial charge on any atom is -0.456 e. The molecule has 0 saturated carbocycles. The van der Waals surface area contributed by atoms with Gasteiger partial charge in [-0.1, -0.05) is 19.8 Å². The van der Waals surface area contributed by atoms with Crippen molar-refractivity contribution >= 4 is 23.7 Å². The maximum Gasteiger partial charge on any atom is 0.330 e. The van der Waals surface area contributed by atoms with Gasteiger partial charge in [-0.25, -0.2) is 4.79 Å². The van der Waals surface area contributed by atoms with Crippen LogP contribution in [0.15, 0.2) is 33.7 Å². The zero-order valence-corrected chi connectivity index (χ0v) is 26.9. The van der Waals surface area contributed by atoms with Crippen molar-refractivity contribution in [1.82, 2.24) is 20.2 Å². The van der Waals surface area contributed by atoms with Gasteiger partial charge in [-0.05, 0) is 38.7 Å². The fraction of sp³-hybridized carbons (Fsp3) is 0.667. The monoisotopic (exact) mass is 681 g/mol. The van der Waals surface area contributed by atoms with Crippen molar-refractivity contribution in [2.75, 3.05) is 7.11 Å². The van der Waals surface area contributed by atoms with Crippen molar-refractivity contribution in [3.05, 3.63) is 44.9 Å². The van der Waals surface area contributed by atoms with Crippen LogP contribution >= 0.6 is 0 Å². The van der Waals surface area contributed by atoms with Gasteiger partial charge in [-0.3, -0.25) is 33.5 Å². The van der Waals surface area contributed by atoms with Gasteiger partial charge in [0.05, 0.1) is 0 Å². The normalized spacial score (nSPS) is 31.1. The lowest BCUT2D eigenvalue weighted by Crippen LogP contribution is -2.54. The van der Waals surface area contributed by atoms with E-state index in [0.29, 0.717) is 19.3 Å². The molecule has 0 radical (unpaired) electrons. The van der Waals surface area contributed by atoms with Gasteiger partial charge in [0.15, 0.2) is 24.2 Å². The van der Waals surface area contributed by atoms with Gasteiger partial charge < -0.3 is 50.3 Å². The molecule has 3 aliphatic rings. The van der Waals surface area contributed by atoms with E-state index in [1.807, 2.05) is 13.8 Å². The van der Waals surface area contributed by atoms with Gasteiger partial charge in [0.1, 0.15) is 30.5 Å². The third kappa shape index (κ3) is 8.67. The highest BCUT2D eigenvalue weighted by Crippen LogP contribution is 2.36. The van der Waals surface area contributed by atoms with Crippen molar-refractivity contribution < 1.29 is 53.1 Å². The molecule has 1 aromatic heterocycles. The van der Waals surface area contributed by atoms with E-state index in [4.69, 9.17) is 29.4 Å². The average Bonchev–Trinajstić information content (AvgIpc) is 3.28. The number of nitrogens with two attached hydrogens (primary N) is 1. The Morgan fingerprint density at radius 1 is 1.17 bits per heavy atom. The number of aromatic nitrogens is 2. The standard InChI is InChI=1S/C30H43N5O13/c1-4-5-6-10-19(38)46-24-21(44-3)22(47-28(24)35-12-11-18(37)34-30(35)43)23(25(31)40)48-29-20(39)16(36)13-17(45-29)27(42)33-15-9-7-8-14(2)32-26(15)41/h11-16,20-24,28-29,36,39H,4-10H2,1-3H3,(H2,31,40)(H,32,41)(H,33,42)(H,34,37,43)/t14-,15-,16-,20-,21+,22-,23+,24+,28+,29+/m0/s1. The first kappa shape index (κ1) is 36.7. The van der Waals surface area contributed by atoms with Crippen molar-refractivity contribution in [1.29, 1.82) is 0 Å². The largest absolute Gasteiger partial charge is 0.456 e. The molecule has 2 fully saturated rings. The van der Waals surface area contributed by atoms with Gasteiger partial charge in [0.25, 0.3) is 11.5 Å². The summed E-state index contributed by atoms with van der Waals surface area (Å²) in [7, 11) is 1.22. The van der Waals surface area contributed by atoms with E-state index >= 15 is 0 Å². The van der Waals surface area contributed by atoms with Crippen LogP contribution in [0.2, 0.25) is 0 Å². The van der Waals surface area contributed by atoms with E-state index in [1.165, 1.54) is 7.11 Å². The lowest BCUT2D eigenvalue weighted by atomic mass is 10.0. The van der Waals surface area contributed by atoms with Crippen LogP contribution in [-0.4, -0.2) is 106 Å². The molecule has 7 N–H and O–H groups in total. The van der Waals surface area contributed by atoms with E-state index in [2.05, 4.69) is 15.6 Å². The van der Waals surface area contributed by atoms with Gasteiger partial charge in [0, 0.05) is 31.8 Å².